The number of amides is 1. The molecule has 28 heavy (non-hydrogen) atoms. The van der Waals surface area contributed by atoms with E-state index in [4.69, 9.17) is 9.47 Å². The number of carbonyl (C=O) groups excluding carboxylic acids is 1. The average molecular weight is 383 g/mol. The minimum Gasteiger partial charge on any atom is -0.481 e. The third kappa shape index (κ3) is 3.64. The predicted octanol–water partition coefficient (Wildman–Crippen LogP) is 2.54. The van der Waals surface area contributed by atoms with E-state index < -0.39 is 0 Å². The largest absolute Gasteiger partial charge is 0.481 e. The molecule has 4 rings (SSSR count). The molecular weight excluding hydrogens is 358 g/mol. The topological polar surface area (TPSA) is 89.5 Å². The lowest BCUT2D eigenvalue weighted by atomic mass is 10.1. The maximum Gasteiger partial charge on any atom is 0.256 e. The molecule has 0 spiro atoms. The van der Waals surface area contributed by atoms with E-state index in [2.05, 4.69) is 20.3 Å². The number of hydrogen-bond acceptors (Lipinski definition) is 7. The molecule has 3 heterocycles. The normalized spacial score (nSPS) is 16.5. The van der Waals surface area contributed by atoms with Crippen LogP contribution in [0.5, 0.6) is 5.88 Å². The molecule has 0 bridgehead atoms. The fourth-order valence-electron chi connectivity index (χ4n) is 3.99. The molecule has 148 valence electrons. The molecular formula is C20H25N5O3. The van der Waals surface area contributed by atoms with Gasteiger partial charge in [-0.2, -0.15) is 0 Å². The van der Waals surface area contributed by atoms with Crippen molar-refractivity contribution in [3.8, 4) is 5.88 Å². The first-order valence-corrected chi connectivity index (χ1v) is 9.61. The number of fused-ring (bicyclic) bond motifs is 1. The summed E-state index contributed by atoms with van der Waals surface area (Å²) in [6.07, 6.45) is 6.06. The monoisotopic (exact) mass is 383 g/mol. The average Bonchev–Trinajstić information content (AvgIpc) is 3.34. The number of methoxy groups -OCH3 is 2. The van der Waals surface area contributed by atoms with E-state index in [1.165, 1.54) is 19.2 Å². The van der Waals surface area contributed by atoms with Gasteiger partial charge in [0.1, 0.15) is 12.1 Å². The van der Waals surface area contributed by atoms with Crippen LogP contribution in [-0.4, -0.2) is 46.0 Å². The van der Waals surface area contributed by atoms with Crippen LogP contribution >= 0.6 is 0 Å². The van der Waals surface area contributed by atoms with Gasteiger partial charge in [0, 0.05) is 31.3 Å². The molecule has 1 fully saturated rings. The summed E-state index contributed by atoms with van der Waals surface area (Å²) >= 11 is 0. The maximum absolute atomic E-state index is 12.9. The van der Waals surface area contributed by atoms with Crippen LogP contribution in [0.3, 0.4) is 0 Å². The molecule has 1 saturated carbocycles. The number of nitrogens with one attached hydrogen (secondary N) is 1. The van der Waals surface area contributed by atoms with Crippen molar-refractivity contribution in [2.75, 3.05) is 19.5 Å². The zero-order valence-corrected chi connectivity index (χ0v) is 16.3. The third-order valence-corrected chi connectivity index (χ3v) is 5.39. The van der Waals surface area contributed by atoms with Crippen LogP contribution in [-0.2, 0) is 24.4 Å². The molecule has 2 aromatic heterocycles. The standard InChI is InChI=1S/C20H25N5O3/c1-27-11-14-8-18(23-12-22-14)21-9-13-7-16-17(24-19(13)28-2)10-25(20(16)26)15-5-3-4-6-15/h7-8,12,15H,3-6,9-11H2,1-2H3,(H,21,22,23). The van der Waals surface area contributed by atoms with Gasteiger partial charge in [-0.3, -0.25) is 4.79 Å². The number of pyridine rings is 1. The van der Waals surface area contributed by atoms with Gasteiger partial charge < -0.3 is 19.7 Å². The van der Waals surface area contributed by atoms with Crippen LogP contribution in [0.15, 0.2) is 18.5 Å². The van der Waals surface area contributed by atoms with Crippen LogP contribution in [0.1, 0.15) is 53.0 Å². The van der Waals surface area contributed by atoms with Crippen LogP contribution in [0, 0.1) is 0 Å². The highest BCUT2D eigenvalue weighted by atomic mass is 16.5. The second-order valence-corrected chi connectivity index (χ2v) is 7.20. The highest BCUT2D eigenvalue weighted by molar-refractivity contribution is 5.98. The summed E-state index contributed by atoms with van der Waals surface area (Å²) in [5.74, 6) is 1.31. The van der Waals surface area contributed by atoms with Crippen LogP contribution in [0.25, 0.3) is 0 Å². The Morgan fingerprint density at radius 3 is 2.79 bits per heavy atom. The van der Waals surface area contributed by atoms with E-state index in [-0.39, 0.29) is 5.91 Å². The summed E-state index contributed by atoms with van der Waals surface area (Å²) in [5, 5.41) is 3.26. The number of hydrogen-bond donors (Lipinski definition) is 1. The molecule has 2 aromatic rings. The highest BCUT2D eigenvalue weighted by Crippen LogP contribution is 2.33. The van der Waals surface area contributed by atoms with Gasteiger partial charge in [-0.15, -0.1) is 0 Å². The number of nitrogens with zero attached hydrogens (tertiary/aromatic N) is 4. The lowest BCUT2D eigenvalue weighted by Crippen LogP contribution is -2.33. The zero-order valence-electron chi connectivity index (χ0n) is 16.3. The predicted molar refractivity (Wildman–Crippen MR) is 103 cm³/mol. The molecule has 0 saturated heterocycles. The maximum atomic E-state index is 12.9. The van der Waals surface area contributed by atoms with E-state index in [9.17, 15) is 4.79 Å². The summed E-state index contributed by atoms with van der Waals surface area (Å²) in [5.41, 5.74) is 3.12. The van der Waals surface area contributed by atoms with Crippen LogP contribution in [0.4, 0.5) is 5.82 Å². The van der Waals surface area contributed by atoms with E-state index >= 15 is 0 Å². The van der Waals surface area contributed by atoms with Crippen molar-refractivity contribution in [2.24, 2.45) is 0 Å². The van der Waals surface area contributed by atoms with E-state index in [0.29, 0.717) is 43.0 Å². The van der Waals surface area contributed by atoms with Gasteiger partial charge in [-0.25, -0.2) is 15.0 Å². The fraction of sp³-hybridized carbons (Fsp3) is 0.500. The smallest absolute Gasteiger partial charge is 0.256 e. The van der Waals surface area contributed by atoms with E-state index in [1.807, 2.05) is 17.0 Å². The second-order valence-electron chi connectivity index (χ2n) is 7.20. The lowest BCUT2D eigenvalue weighted by Gasteiger charge is -2.22. The Morgan fingerprint density at radius 2 is 2.04 bits per heavy atom. The zero-order chi connectivity index (χ0) is 19.5. The molecule has 1 aliphatic carbocycles. The van der Waals surface area contributed by atoms with E-state index in [0.717, 1.165) is 29.8 Å². The second kappa shape index (κ2) is 8.10. The Morgan fingerprint density at radius 1 is 1.21 bits per heavy atom. The number of anilines is 1. The summed E-state index contributed by atoms with van der Waals surface area (Å²) < 4.78 is 10.6. The van der Waals surface area contributed by atoms with Gasteiger partial charge in [0.05, 0.1) is 37.2 Å². The molecule has 0 aromatic carbocycles. The van der Waals surface area contributed by atoms with E-state index in [1.54, 1.807) is 14.2 Å². The van der Waals surface area contributed by atoms with Gasteiger partial charge in [-0.1, -0.05) is 12.8 Å². The van der Waals surface area contributed by atoms with Crippen molar-refractivity contribution >= 4 is 11.7 Å². The summed E-state index contributed by atoms with van der Waals surface area (Å²) in [6.45, 7) is 1.45. The van der Waals surface area contributed by atoms with Gasteiger partial charge in [0.25, 0.3) is 5.91 Å². The minimum absolute atomic E-state index is 0.0859. The van der Waals surface area contributed by atoms with Crippen molar-refractivity contribution in [1.29, 1.82) is 0 Å². The summed E-state index contributed by atoms with van der Waals surface area (Å²) in [7, 11) is 3.23. The molecule has 0 radical (unpaired) electrons. The summed E-state index contributed by atoms with van der Waals surface area (Å²) in [4.78, 5) is 27.9. The molecule has 1 N–H and O–H groups in total. The molecule has 0 unspecified atom stereocenters. The summed E-state index contributed by atoms with van der Waals surface area (Å²) in [6, 6.07) is 4.08. The Hall–Kier alpha value is -2.74. The third-order valence-electron chi connectivity index (χ3n) is 5.39. The van der Waals surface area contributed by atoms with Crippen molar-refractivity contribution in [3.05, 3.63) is 41.0 Å². The van der Waals surface area contributed by atoms with Crippen molar-refractivity contribution in [3.63, 3.8) is 0 Å². The van der Waals surface area contributed by atoms with Gasteiger partial charge >= 0.3 is 0 Å². The van der Waals surface area contributed by atoms with Crippen molar-refractivity contribution in [2.45, 2.75) is 51.4 Å². The number of carbonyl (C=O) groups is 1. The highest BCUT2D eigenvalue weighted by Gasteiger charge is 2.35. The van der Waals surface area contributed by atoms with Gasteiger partial charge in [0.15, 0.2) is 0 Å². The molecule has 8 nitrogen and oxygen atoms in total. The first kappa shape index (κ1) is 18.6. The lowest BCUT2D eigenvalue weighted by molar-refractivity contribution is 0.0706. The SMILES string of the molecule is COCc1cc(NCc2cc3c(nc2OC)CN(C2CCCC2)C3=O)ncn1. The Bertz CT molecular complexity index is 867. The molecule has 1 amide bonds. The van der Waals surface area contributed by atoms with Gasteiger partial charge in [-0.05, 0) is 18.9 Å². The molecule has 2 aliphatic rings. The van der Waals surface area contributed by atoms with Crippen molar-refractivity contribution < 1.29 is 14.3 Å². The number of rotatable bonds is 7. The molecule has 0 atom stereocenters. The number of aromatic nitrogens is 3. The Labute approximate surface area is 164 Å². The van der Waals surface area contributed by atoms with Crippen LogP contribution in [0.2, 0.25) is 0 Å². The minimum atomic E-state index is 0.0859. The fourth-order valence-corrected chi connectivity index (χ4v) is 3.99. The van der Waals surface area contributed by atoms with Crippen molar-refractivity contribution in [1.82, 2.24) is 19.9 Å². The Kier molecular flexibility index (Phi) is 5.38. The molecule has 1 aliphatic heterocycles. The molecule has 8 heteroatoms. The quantitative estimate of drug-likeness (QED) is 0.786. The van der Waals surface area contributed by atoms with Crippen LogP contribution < -0.4 is 10.1 Å². The Balaban J connectivity index is 1.52. The first-order valence-electron chi connectivity index (χ1n) is 9.61. The number of ether oxygens (including phenoxy) is 2. The van der Waals surface area contributed by atoms with Gasteiger partial charge in [0.2, 0.25) is 5.88 Å². The first-order chi connectivity index (χ1) is 13.7.